The fourth-order valence-corrected chi connectivity index (χ4v) is 2.30. The molecule has 1 N–H and O–H groups in total. The van der Waals surface area contributed by atoms with Crippen LogP contribution in [0.1, 0.15) is 16.1 Å². The van der Waals surface area contributed by atoms with E-state index in [1.165, 1.54) is 0 Å². The van der Waals surface area contributed by atoms with Gasteiger partial charge >= 0.3 is 0 Å². The molecule has 0 spiro atoms. The Bertz CT molecular complexity index is 795. The number of halogens is 1. The van der Waals surface area contributed by atoms with Crippen LogP contribution in [0.2, 0.25) is 0 Å². The van der Waals surface area contributed by atoms with Crippen LogP contribution in [0.4, 0.5) is 5.69 Å². The van der Waals surface area contributed by atoms with Crippen LogP contribution < -0.4 is 5.32 Å². The number of pyridine rings is 1. The highest BCUT2D eigenvalue weighted by Gasteiger charge is 2.10. The lowest BCUT2D eigenvalue weighted by Crippen LogP contribution is -2.15. The van der Waals surface area contributed by atoms with Gasteiger partial charge in [0, 0.05) is 22.6 Å². The fraction of sp³-hybridized carbons (Fsp3) is 0.0667. The predicted octanol–water partition coefficient (Wildman–Crippen LogP) is 3.66. The van der Waals surface area contributed by atoms with E-state index in [9.17, 15) is 4.79 Å². The topological polar surface area (TPSA) is 46.4 Å². The summed E-state index contributed by atoms with van der Waals surface area (Å²) in [5, 5.41) is 2.90. The van der Waals surface area contributed by atoms with Crippen LogP contribution >= 0.6 is 15.9 Å². The third-order valence-corrected chi connectivity index (χ3v) is 3.97. The summed E-state index contributed by atoms with van der Waals surface area (Å²) < 4.78 is 2.79. The zero-order valence-electron chi connectivity index (χ0n) is 10.8. The Balaban J connectivity index is 1.93. The summed E-state index contributed by atoms with van der Waals surface area (Å²) in [4.78, 5) is 16.5. The summed E-state index contributed by atoms with van der Waals surface area (Å²) in [5.41, 5.74) is 3.15. The molecule has 2 heterocycles. The van der Waals surface area contributed by atoms with E-state index in [1.807, 2.05) is 37.3 Å². The second-order valence-corrected chi connectivity index (χ2v) is 5.34. The first kappa shape index (κ1) is 12.9. The molecule has 3 aromatic rings. The van der Waals surface area contributed by atoms with Gasteiger partial charge < -0.3 is 5.32 Å². The summed E-state index contributed by atoms with van der Waals surface area (Å²) >= 11 is 3.44. The van der Waals surface area contributed by atoms with Crippen LogP contribution in [0, 0.1) is 6.92 Å². The van der Waals surface area contributed by atoms with Gasteiger partial charge in [-0.1, -0.05) is 22.0 Å². The highest BCUT2D eigenvalue weighted by molar-refractivity contribution is 9.10. The van der Waals surface area contributed by atoms with Crippen molar-refractivity contribution in [2.45, 2.75) is 6.92 Å². The van der Waals surface area contributed by atoms with Crippen molar-refractivity contribution < 1.29 is 4.79 Å². The smallest absolute Gasteiger partial charge is 0.272 e. The second-order valence-electron chi connectivity index (χ2n) is 4.48. The van der Waals surface area contributed by atoms with Crippen molar-refractivity contribution in [1.82, 2.24) is 9.38 Å². The van der Waals surface area contributed by atoms with E-state index in [4.69, 9.17) is 0 Å². The number of carbonyl (C=O) groups is 1. The number of imidazole rings is 1. The molecule has 0 saturated heterocycles. The Morgan fingerprint density at radius 2 is 2.15 bits per heavy atom. The molecule has 20 heavy (non-hydrogen) atoms. The van der Waals surface area contributed by atoms with Gasteiger partial charge in [0.2, 0.25) is 0 Å². The third-order valence-electron chi connectivity index (χ3n) is 3.08. The number of rotatable bonds is 2. The summed E-state index contributed by atoms with van der Waals surface area (Å²) in [7, 11) is 0. The molecule has 5 heteroatoms. The molecule has 1 aromatic carbocycles. The van der Waals surface area contributed by atoms with E-state index >= 15 is 0 Å². The fourth-order valence-electron chi connectivity index (χ4n) is 2.05. The molecule has 0 aliphatic rings. The van der Waals surface area contributed by atoms with Gasteiger partial charge in [-0.15, -0.1) is 0 Å². The molecule has 0 radical (unpaired) electrons. The first-order valence-corrected chi connectivity index (χ1v) is 6.94. The van der Waals surface area contributed by atoms with Gasteiger partial charge in [0.1, 0.15) is 11.3 Å². The third kappa shape index (κ3) is 2.32. The Morgan fingerprint density at radius 3 is 2.95 bits per heavy atom. The first-order chi connectivity index (χ1) is 9.65. The van der Waals surface area contributed by atoms with Gasteiger partial charge in [-0.3, -0.25) is 9.20 Å². The Labute approximate surface area is 124 Å². The van der Waals surface area contributed by atoms with Crippen molar-refractivity contribution in [3.8, 4) is 0 Å². The number of benzene rings is 1. The lowest BCUT2D eigenvalue weighted by Gasteiger charge is -2.08. The summed E-state index contributed by atoms with van der Waals surface area (Å²) in [5.74, 6) is -0.157. The minimum atomic E-state index is -0.157. The van der Waals surface area contributed by atoms with Crippen LogP contribution in [-0.2, 0) is 0 Å². The molecular weight excluding hydrogens is 318 g/mol. The zero-order valence-corrected chi connectivity index (χ0v) is 12.4. The predicted molar refractivity (Wildman–Crippen MR) is 82.0 cm³/mol. The number of hydrogen-bond donors (Lipinski definition) is 1. The van der Waals surface area contributed by atoms with Crippen molar-refractivity contribution in [3.63, 3.8) is 0 Å². The molecule has 4 nitrogen and oxygen atoms in total. The van der Waals surface area contributed by atoms with Crippen molar-refractivity contribution in [2.75, 3.05) is 5.32 Å². The number of fused-ring (bicyclic) bond motifs is 1. The lowest BCUT2D eigenvalue weighted by atomic mass is 10.2. The maximum atomic E-state index is 12.4. The van der Waals surface area contributed by atoms with Crippen LogP contribution in [0.5, 0.6) is 0 Å². The molecule has 0 aliphatic carbocycles. The quantitative estimate of drug-likeness (QED) is 0.779. The number of aryl methyl sites for hydroxylation is 1. The standard InChI is InChI=1S/C15H12BrN3O/c1-10-9-11(5-6-12(10)16)18-15(20)13-3-2-4-14-17-7-8-19(13)14/h2-9H,1H3,(H,18,20). The molecule has 0 unspecified atom stereocenters. The maximum Gasteiger partial charge on any atom is 0.272 e. The van der Waals surface area contributed by atoms with Gasteiger partial charge in [0.15, 0.2) is 0 Å². The number of anilines is 1. The molecule has 0 fully saturated rings. The van der Waals surface area contributed by atoms with Gasteiger partial charge in [-0.2, -0.15) is 0 Å². The number of nitrogens with one attached hydrogen (secondary N) is 1. The van der Waals surface area contributed by atoms with Gasteiger partial charge in [-0.05, 0) is 42.8 Å². The van der Waals surface area contributed by atoms with E-state index in [1.54, 1.807) is 22.9 Å². The molecule has 0 saturated carbocycles. The Morgan fingerprint density at radius 1 is 1.30 bits per heavy atom. The van der Waals surface area contributed by atoms with Crippen LogP contribution in [0.25, 0.3) is 5.65 Å². The van der Waals surface area contributed by atoms with E-state index < -0.39 is 0 Å². The van der Waals surface area contributed by atoms with Gasteiger partial charge in [0.05, 0.1) is 0 Å². The minimum Gasteiger partial charge on any atom is -0.321 e. The van der Waals surface area contributed by atoms with E-state index in [0.29, 0.717) is 5.69 Å². The van der Waals surface area contributed by atoms with Crippen LogP contribution in [-0.4, -0.2) is 15.3 Å². The molecule has 2 aromatic heterocycles. The molecule has 100 valence electrons. The summed E-state index contributed by atoms with van der Waals surface area (Å²) in [6, 6.07) is 11.2. The first-order valence-electron chi connectivity index (χ1n) is 6.15. The average molecular weight is 330 g/mol. The number of amides is 1. The zero-order chi connectivity index (χ0) is 14.1. The Hall–Kier alpha value is -2.14. The van der Waals surface area contributed by atoms with Gasteiger partial charge in [0.25, 0.3) is 5.91 Å². The Kier molecular flexibility index (Phi) is 3.28. The molecule has 0 atom stereocenters. The minimum absolute atomic E-state index is 0.157. The lowest BCUT2D eigenvalue weighted by molar-refractivity contribution is 0.102. The molecule has 3 rings (SSSR count). The summed E-state index contributed by atoms with van der Waals surface area (Å²) in [6.07, 6.45) is 3.45. The highest BCUT2D eigenvalue weighted by atomic mass is 79.9. The number of carbonyl (C=O) groups excluding carboxylic acids is 1. The average Bonchev–Trinajstić information content (AvgIpc) is 2.91. The number of nitrogens with zero attached hydrogens (tertiary/aromatic N) is 2. The van der Waals surface area contributed by atoms with Crippen molar-refractivity contribution in [2.24, 2.45) is 0 Å². The van der Waals surface area contributed by atoms with Crippen molar-refractivity contribution in [1.29, 1.82) is 0 Å². The number of aromatic nitrogens is 2. The monoisotopic (exact) mass is 329 g/mol. The molecule has 0 aliphatic heterocycles. The SMILES string of the molecule is Cc1cc(NC(=O)c2cccc3nccn23)ccc1Br. The maximum absolute atomic E-state index is 12.4. The molecular formula is C15H12BrN3O. The number of hydrogen-bond acceptors (Lipinski definition) is 2. The van der Waals surface area contributed by atoms with Crippen molar-refractivity contribution >= 4 is 33.2 Å². The van der Waals surface area contributed by atoms with Crippen LogP contribution in [0.15, 0.2) is 53.3 Å². The highest BCUT2D eigenvalue weighted by Crippen LogP contribution is 2.20. The van der Waals surface area contributed by atoms with E-state index in [0.717, 1.165) is 21.4 Å². The molecule has 1 amide bonds. The molecule has 0 bridgehead atoms. The van der Waals surface area contributed by atoms with E-state index in [2.05, 4.69) is 26.2 Å². The normalized spacial score (nSPS) is 10.7. The van der Waals surface area contributed by atoms with Gasteiger partial charge in [-0.25, -0.2) is 4.98 Å². The van der Waals surface area contributed by atoms with Crippen molar-refractivity contribution in [3.05, 3.63) is 64.5 Å². The summed E-state index contributed by atoms with van der Waals surface area (Å²) in [6.45, 7) is 1.98. The largest absolute Gasteiger partial charge is 0.321 e. The second kappa shape index (κ2) is 5.09. The van der Waals surface area contributed by atoms with E-state index in [-0.39, 0.29) is 5.91 Å². The van der Waals surface area contributed by atoms with Crippen LogP contribution in [0.3, 0.4) is 0 Å².